The smallest absolute Gasteiger partial charge is 0.150 e. The lowest BCUT2D eigenvalue weighted by Gasteiger charge is -2.27. The van der Waals surface area contributed by atoms with Crippen LogP contribution < -0.4 is 11.5 Å². The number of hydrogen-bond acceptors (Lipinski definition) is 4. The van der Waals surface area contributed by atoms with Gasteiger partial charge in [0.05, 0.1) is 11.9 Å². The molecule has 0 spiro atoms. The maximum Gasteiger partial charge on any atom is 0.150 e. The molecule has 0 aromatic carbocycles. The first-order valence-electron chi connectivity index (χ1n) is 5.56. The summed E-state index contributed by atoms with van der Waals surface area (Å²) in [6.07, 6.45) is 6.65. The summed E-state index contributed by atoms with van der Waals surface area (Å²) in [5, 5.41) is 0. The van der Waals surface area contributed by atoms with Crippen molar-refractivity contribution in [2.24, 2.45) is 5.92 Å². The quantitative estimate of drug-likeness (QED) is 0.736. The predicted molar refractivity (Wildman–Crippen MR) is 61.2 cm³/mol. The highest BCUT2D eigenvalue weighted by Gasteiger charge is 2.25. The van der Waals surface area contributed by atoms with Crippen molar-refractivity contribution in [3.05, 3.63) is 12.0 Å². The molecule has 1 aromatic rings. The van der Waals surface area contributed by atoms with E-state index in [4.69, 9.17) is 11.5 Å². The highest BCUT2D eigenvalue weighted by atomic mass is 15.0. The van der Waals surface area contributed by atoms with Gasteiger partial charge in [-0.15, -0.1) is 0 Å². The van der Waals surface area contributed by atoms with E-state index < -0.39 is 0 Å². The van der Waals surface area contributed by atoms with Gasteiger partial charge in [0.2, 0.25) is 0 Å². The van der Waals surface area contributed by atoms with Gasteiger partial charge in [-0.1, -0.05) is 26.2 Å². The molecule has 0 saturated heterocycles. The van der Waals surface area contributed by atoms with Crippen LogP contribution in [0.25, 0.3) is 0 Å². The van der Waals surface area contributed by atoms with Gasteiger partial charge in [-0.3, -0.25) is 0 Å². The van der Waals surface area contributed by atoms with Gasteiger partial charge < -0.3 is 11.5 Å². The van der Waals surface area contributed by atoms with Crippen LogP contribution in [0.4, 0.5) is 11.5 Å². The minimum atomic E-state index is 0.415. The van der Waals surface area contributed by atoms with Crippen molar-refractivity contribution in [3.63, 3.8) is 0 Å². The predicted octanol–water partition coefficient (Wildman–Crippen LogP) is 1.93. The van der Waals surface area contributed by atoms with Crippen molar-refractivity contribution in [1.29, 1.82) is 0 Å². The van der Waals surface area contributed by atoms with E-state index >= 15 is 0 Å². The van der Waals surface area contributed by atoms with E-state index in [0.717, 1.165) is 5.82 Å². The molecule has 1 saturated carbocycles. The van der Waals surface area contributed by atoms with Gasteiger partial charge in [0, 0.05) is 5.92 Å². The number of hydrogen-bond donors (Lipinski definition) is 2. The average molecular weight is 206 g/mol. The Kier molecular flexibility index (Phi) is 2.75. The van der Waals surface area contributed by atoms with E-state index in [0.29, 0.717) is 23.3 Å². The molecule has 1 aromatic heterocycles. The normalized spacial score (nSPS) is 26.5. The largest absolute Gasteiger partial charge is 0.394 e. The standard InChI is InChI=1S/C11H18N4/c1-7-4-2-3-5-8(7)11-14-6-9(12)10(13)15-11/h6-8H,2-5,12H2,1H3,(H2,13,14,15)/t7-,8+/m1/s1. The number of nitrogens with two attached hydrogens (primary N) is 2. The summed E-state index contributed by atoms with van der Waals surface area (Å²) in [6.45, 7) is 2.26. The van der Waals surface area contributed by atoms with Crippen LogP contribution in [-0.2, 0) is 0 Å². The number of anilines is 2. The molecule has 1 aliphatic rings. The van der Waals surface area contributed by atoms with E-state index in [1.54, 1.807) is 6.20 Å². The molecule has 82 valence electrons. The van der Waals surface area contributed by atoms with E-state index in [1.165, 1.54) is 25.7 Å². The summed E-state index contributed by atoms with van der Waals surface area (Å²) < 4.78 is 0. The first-order valence-corrected chi connectivity index (χ1v) is 5.56. The number of aromatic nitrogens is 2. The van der Waals surface area contributed by atoms with Crippen molar-refractivity contribution in [3.8, 4) is 0 Å². The Morgan fingerprint density at radius 2 is 2.00 bits per heavy atom. The second kappa shape index (κ2) is 4.04. The van der Waals surface area contributed by atoms with Gasteiger partial charge in [-0.2, -0.15) is 0 Å². The van der Waals surface area contributed by atoms with Crippen molar-refractivity contribution in [2.45, 2.75) is 38.5 Å². The molecule has 4 N–H and O–H groups in total. The monoisotopic (exact) mass is 206 g/mol. The third-order valence-corrected chi connectivity index (χ3v) is 3.31. The second-order valence-electron chi connectivity index (χ2n) is 4.44. The van der Waals surface area contributed by atoms with Gasteiger partial charge in [0.15, 0.2) is 0 Å². The number of nitrogens with zero attached hydrogens (tertiary/aromatic N) is 2. The summed E-state index contributed by atoms with van der Waals surface area (Å²) in [7, 11) is 0. The molecule has 4 nitrogen and oxygen atoms in total. The SMILES string of the molecule is C[C@@H]1CCCC[C@@H]1c1ncc(N)c(N)n1. The fourth-order valence-corrected chi connectivity index (χ4v) is 2.30. The Bertz CT molecular complexity index is 350. The maximum absolute atomic E-state index is 5.70. The number of rotatable bonds is 1. The van der Waals surface area contributed by atoms with Crippen LogP contribution in [0.15, 0.2) is 6.20 Å². The van der Waals surface area contributed by atoms with Gasteiger partial charge >= 0.3 is 0 Å². The molecule has 0 bridgehead atoms. The lowest BCUT2D eigenvalue weighted by Crippen LogP contribution is -2.18. The molecule has 15 heavy (non-hydrogen) atoms. The van der Waals surface area contributed by atoms with Crippen LogP contribution in [0.3, 0.4) is 0 Å². The van der Waals surface area contributed by atoms with E-state index in [1.807, 2.05) is 0 Å². The van der Waals surface area contributed by atoms with Crippen molar-refractivity contribution >= 4 is 11.5 Å². The van der Waals surface area contributed by atoms with Crippen LogP contribution in [0, 0.1) is 5.92 Å². The topological polar surface area (TPSA) is 77.8 Å². The molecule has 0 aliphatic heterocycles. The van der Waals surface area contributed by atoms with Gasteiger partial charge in [-0.25, -0.2) is 9.97 Å². The Morgan fingerprint density at radius 3 is 2.67 bits per heavy atom. The van der Waals surface area contributed by atoms with Gasteiger partial charge in [-0.05, 0) is 12.3 Å². The molecule has 1 heterocycles. The zero-order valence-electron chi connectivity index (χ0n) is 9.11. The van der Waals surface area contributed by atoms with Crippen molar-refractivity contribution in [1.82, 2.24) is 9.97 Å². The average Bonchev–Trinajstić information content (AvgIpc) is 2.23. The van der Waals surface area contributed by atoms with E-state index in [2.05, 4.69) is 16.9 Å². The van der Waals surface area contributed by atoms with Gasteiger partial charge in [0.1, 0.15) is 11.6 Å². The summed E-state index contributed by atoms with van der Waals surface area (Å²) in [6, 6.07) is 0. The molecule has 2 atom stereocenters. The fourth-order valence-electron chi connectivity index (χ4n) is 2.30. The third kappa shape index (κ3) is 2.03. The molecular formula is C11H18N4. The third-order valence-electron chi connectivity index (χ3n) is 3.31. The Hall–Kier alpha value is -1.32. The zero-order chi connectivity index (χ0) is 10.8. The molecule has 0 radical (unpaired) electrons. The molecule has 0 amide bonds. The zero-order valence-corrected chi connectivity index (χ0v) is 9.11. The summed E-state index contributed by atoms with van der Waals surface area (Å²) in [5.41, 5.74) is 11.8. The fraction of sp³-hybridized carbons (Fsp3) is 0.636. The number of nitrogen functional groups attached to an aromatic ring is 2. The van der Waals surface area contributed by atoms with Crippen molar-refractivity contribution < 1.29 is 0 Å². The van der Waals surface area contributed by atoms with Crippen molar-refractivity contribution in [2.75, 3.05) is 11.5 Å². The Labute approximate surface area is 90.1 Å². The van der Waals surface area contributed by atoms with Crippen LogP contribution in [0.1, 0.15) is 44.3 Å². The minimum Gasteiger partial charge on any atom is -0.394 e. The van der Waals surface area contributed by atoms with Crippen LogP contribution in [0.2, 0.25) is 0 Å². The maximum atomic E-state index is 5.70. The molecule has 1 fully saturated rings. The van der Waals surface area contributed by atoms with E-state index in [9.17, 15) is 0 Å². The minimum absolute atomic E-state index is 0.415. The van der Waals surface area contributed by atoms with Crippen LogP contribution >= 0.6 is 0 Å². The lowest BCUT2D eigenvalue weighted by atomic mass is 9.80. The Morgan fingerprint density at radius 1 is 1.27 bits per heavy atom. The molecule has 4 heteroatoms. The van der Waals surface area contributed by atoms with Crippen LogP contribution in [-0.4, -0.2) is 9.97 Å². The summed E-state index contributed by atoms with van der Waals surface area (Å²) >= 11 is 0. The van der Waals surface area contributed by atoms with Gasteiger partial charge in [0.25, 0.3) is 0 Å². The molecule has 1 aliphatic carbocycles. The molecule has 2 rings (SSSR count). The Balaban J connectivity index is 2.24. The molecular weight excluding hydrogens is 188 g/mol. The highest BCUT2D eigenvalue weighted by molar-refractivity contribution is 5.56. The summed E-state index contributed by atoms with van der Waals surface area (Å²) in [4.78, 5) is 8.59. The first kappa shape index (κ1) is 10.2. The highest BCUT2D eigenvalue weighted by Crippen LogP contribution is 2.36. The summed E-state index contributed by atoms with van der Waals surface area (Å²) in [5.74, 6) is 2.40. The first-order chi connectivity index (χ1) is 7.18. The van der Waals surface area contributed by atoms with Crippen LogP contribution in [0.5, 0.6) is 0 Å². The second-order valence-corrected chi connectivity index (χ2v) is 4.44. The lowest BCUT2D eigenvalue weighted by molar-refractivity contribution is 0.320. The van der Waals surface area contributed by atoms with E-state index in [-0.39, 0.29) is 0 Å². The molecule has 0 unspecified atom stereocenters.